The molecule has 3 rings (SSSR count). The number of aliphatic imine (C=N–C) groups is 1. The molecule has 0 heterocycles. The summed E-state index contributed by atoms with van der Waals surface area (Å²) in [6.45, 7) is 8.75. The Kier molecular flexibility index (Phi) is 5.19. The molecule has 28 heavy (non-hydrogen) atoms. The molecule has 2 aromatic carbocycles. The van der Waals surface area contributed by atoms with Gasteiger partial charge in [-0.15, -0.1) is 4.95 Å². The Morgan fingerprint density at radius 3 is 1.96 bits per heavy atom. The van der Waals surface area contributed by atoms with Gasteiger partial charge in [0.1, 0.15) is 17.5 Å². The van der Waals surface area contributed by atoms with Gasteiger partial charge in [0.2, 0.25) is 6.19 Å². The van der Waals surface area contributed by atoms with Gasteiger partial charge in [-0.1, -0.05) is 6.07 Å². The largest absolute Gasteiger partial charge is 0.207 e. The Morgan fingerprint density at radius 2 is 1.39 bits per heavy atom. The van der Waals surface area contributed by atoms with Crippen LogP contribution < -0.4 is 0 Å². The van der Waals surface area contributed by atoms with Gasteiger partial charge in [-0.25, -0.2) is 13.2 Å². The molecule has 0 radical (unpaired) electrons. The molecule has 0 amide bonds. The second-order valence-corrected chi connectivity index (χ2v) is 5.97. The second kappa shape index (κ2) is 7.73. The first-order chi connectivity index (χ1) is 13.4. The lowest BCUT2D eigenvalue weighted by Crippen LogP contribution is -2.13. The van der Waals surface area contributed by atoms with Crippen LogP contribution in [0.25, 0.3) is 16.1 Å². The first-order valence-corrected chi connectivity index (χ1v) is 8.00. The minimum atomic E-state index is -0.799. The lowest BCUT2D eigenvalue weighted by molar-refractivity contribution is 0.582. The van der Waals surface area contributed by atoms with Gasteiger partial charge in [-0.3, -0.25) is 0 Å². The molecule has 7 heteroatoms. The van der Waals surface area contributed by atoms with E-state index in [1.807, 2.05) is 0 Å². The average Bonchev–Trinajstić information content (AvgIpc) is 2.61. The van der Waals surface area contributed by atoms with Crippen LogP contribution in [0.4, 0.5) is 13.2 Å². The van der Waals surface area contributed by atoms with Gasteiger partial charge in [0.15, 0.2) is 5.71 Å². The van der Waals surface area contributed by atoms with Crippen molar-refractivity contribution in [3.8, 4) is 6.19 Å². The van der Waals surface area contributed by atoms with Gasteiger partial charge in [0, 0.05) is 17.2 Å². The second-order valence-electron chi connectivity index (χ2n) is 5.97. The van der Waals surface area contributed by atoms with Crippen molar-refractivity contribution in [3.05, 3.63) is 94.2 Å². The zero-order chi connectivity index (χ0) is 20.3. The highest BCUT2D eigenvalue weighted by molar-refractivity contribution is 6.46. The van der Waals surface area contributed by atoms with E-state index in [1.165, 1.54) is 24.3 Å². The maximum Gasteiger partial charge on any atom is 0.206 e. The van der Waals surface area contributed by atoms with E-state index in [0.717, 1.165) is 18.2 Å². The van der Waals surface area contributed by atoms with Crippen molar-refractivity contribution >= 4 is 22.6 Å². The molecule has 0 N–H and O–H groups in total. The molecule has 1 aliphatic rings. The van der Waals surface area contributed by atoms with Gasteiger partial charge in [0.25, 0.3) is 0 Å². The molecule has 0 fully saturated rings. The first-order valence-electron chi connectivity index (χ1n) is 8.00. The van der Waals surface area contributed by atoms with Crippen LogP contribution in [0.2, 0.25) is 0 Å². The van der Waals surface area contributed by atoms with E-state index < -0.39 is 17.5 Å². The molecule has 0 saturated carbocycles. The zero-order valence-electron chi connectivity index (χ0n) is 14.5. The van der Waals surface area contributed by atoms with Crippen LogP contribution in [-0.4, -0.2) is 11.4 Å². The Balaban J connectivity index is 2.23. The average molecular weight is 376 g/mol. The van der Waals surface area contributed by atoms with Crippen molar-refractivity contribution in [2.45, 2.75) is 6.92 Å². The molecular formula is C21H11F3N4. The van der Waals surface area contributed by atoms with Gasteiger partial charge >= 0.3 is 0 Å². The Hall–Kier alpha value is -3.97. The Labute approximate surface area is 159 Å². The predicted octanol–water partition coefficient (Wildman–Crippen LogP) is 5.09. The fraction of sp³-hybridized carbons (Fsp3) is 0.0476. The van der Waals surface area contributed by atoms with Gasteiger partial charge < -0.3 is 0 Å². The molecule has 136 valence electrons. The third kappa shape index (κ3) is 3.89. The van der Waals surface area contributed by atoms with E-state index >= 15 is 0 Å². The lowest BCUT2D eigenvalue weighted by atomic mass is 9.87. The molecule has 0 aromatic heterocycles. The molecule has 0 unspecified atom stereocenters. The van der Waals surface area contributed by atoms with E-state index in [1.54, 1.807) is 19.2 Å². The predicted molar refractivity (Wildman–Crippen MR) is 101 cm³/mol. The van der Waals surface area contributed by atoms with E-state index in [0.29, 0.717) is 16.7 Å². The summed E-state index contributed by atoms with van der Waals surface area (Å²) in [5.74, 6) is -2.07. The highest BCUT2D eigenvalue weighted by Gasteiger charge is 2.23. The number of benzene rings is 2. The summed E-state index contributed by atoms with van der Waals surface area (Å²) >= 11 is 0. The topological polar surface area (TPSA) is 52.9 Å². The third-order valence-electron chi connectivity index (χ3n) is 3.97. The number of aryl methyl sites for hydroxylation is 1. The highest BCUT2D eigenvalue weighted by Crippen LogP contribution is 2.30. The van der Waals surface area contributed by atoms with E-state index in [9.17, 15) is 13.2 Å². The fourth-order valence-electron chi connectivity index (χ4n) is 2.92. The maximum atomic E-state index is 13.9. The summed E-state index contributed by atoms with van der Waals surface area (Å²) < 4.78 is 41.2. The quantitative estimate of drug-likeness (QED) is 0.312. The van der Waals surface area contributed by atoms with Crippen LogP contribution in [0.1, 0.15) is 16.7 Å². The molecule has 0 bridgehead atoms. The highest BCUT2D eigenvalue weighted by atomic mass is 19.1. The number of hydrogen-bond acceptors (Lipinski definition) is 3. The Bertz CT molecular complexity index is 1040. The number of allylic oxidation sites excluding steroid dienone is 4. The monoisotopic (exact) mass is 376 g/mol. The molecule has 1 aliphatic carbocycles. The minimum absolute atomic E-state index is 0.119. The van der Waals surface area contributed by atoms with Crippen LogP contribution >= 0.6 is 0 Å². The summed E-state index contributed by atoms with van der Waals surface area (Å²) in [6.07, 6.45) is 4.51. The maximum absolute atomic E-state index is 13.9. The molecule has 0 atom stereocenters. The summed E-state index contributed by atoms with van der Waals surface area (Å²) in [4.78, 5) is 6.75. The minimum Gasteiger partial charge on any atom is -0.207 e. The van der Waals surface area contributed by atoms with Crippen molar-refractivity contribution in [2.24, 2.45) is 10.1 Å². The molecule has 2 aromatic rings. The third-order valence-corrected chi connectivity index (χ3v) is 3.97. The fourth-order valence-corrected chi connectivity index (χ4v) is 2.92. The lowest BCUT2D eigenvalue weighted by Gasteiger charge is -2.16. The van der Waals surface area contributed by atoms with Gasteiger partial charge in [-0.05, 0) is 60.0 Å². The summed E-state index contributed by atoms with van der Waals surface area (Å²) in [5.41, 5.74) is 2.09. The summed E-state index contributed by atoms with van der Waals surface area (Å²) in [7, 11) is 0. The zero-order valence-corrected chi connectivity index (χ0v) is 14.5. The Morgan fingerprint density at radius 1 is 0.857 bits per heavy atom. The van der Waals surface area contributed by atoms with Crippen molar-refractivity contribution in [1.29, 1.82) is 5.26 Å². The van der Waals surface area contributed by atoms with Crippen molar-refractivity contribution in [2.75, 3.05) is 0 Å². The smallest absolute Gasteiger partial charge is 0.206 e. The molecule has 0 saturated heterocycles. The van der Waals surface area contributed by atoms with Crippen molar-refractivity contribution < 1.29 is 13.2 Å². The molecule has 0 spiro atoms. The molecule has 4 nitrogen and oxygen atoms in total. The standard InChI is InChI=1S/C21H11F3N4/c1-12-3-13(5-15(22)4-12)18-10-21(28-26-2)19(9-20(18)27-11-25)14-6-16(23)8-17(24)7-14/h3-10H,1H3/b27-20?,28-21-. The van der Waals surface area contributed by atoms with E-state index in [4.69, 9.17) is 11.8 Å². The number of rotatable bonds is 2. The first kappa shape index (κ1) is 18.8. The van der Waals surface area contributed by atoms with Crippen molar-refractivity contribution in [1.82, 2.24) is 0 Å². The van der Waals surface area contributed by atoms with Crippen LogP contribution in [0.5, 0.6) is 0 Å². The molecule has 0 aliphatic heterocycles. The van der Waals surface area contributed by atoms with Crippen molar-refractivity contribution in [3.63, 3.8) is 0 Å². The summed E-state index contributed by atoms with van der Waals surface area (Å²) in [5, 5.41) is 12.7. The van der Waals surface area contributed by atoms with Crippen LogP contribution in [-0.2, 0) is 0 Å². The van der Waals surface area contributed by atoms with Gasteiger partial charge in [0.05, 0.1) is 10.8 Å². The number of hydrogen-bond donors (Lipinski definition) is 0. The number of halogens is 3. The number of nitriles is 1. The van der Waals surface area contributed by atoms with E-state index in [-0.39, 0.29) is 22.6 Å². The number of nitrogens with zero attached hydrogens (tertiary/aromatic N) is 4. The molecular weight excluding hydrogens is 365 g/mol. The normalized spacial score (nSPS) is 16.4. The van der Waals surface area contributed by atoms with Crippen LogP contribution in [0, 0.1) is 42.4 Å². The van der Waals surface area contributed by atoms with Gasteiger partial charge in [-0.2, -0.15) is 16.8 Å². The van der Waals surface area contributed by atoms with Crippen LogP contribution in [0.3, 0.4) is 0 Å². The van der Waals surface area contributed by atoms with Crippen LogP contribution in [0.15, 0.2) is 58.6 Å². The van der Waals surface area contributed by atoms with E-state index in [2.05, 4.69) is 15.0 Å². The SMILES string of the molecule is [C-]#[N+]/N=C1/C=C(c2cc(C)cc(F)c2)C(=NC#N)C=C1c1cc(F)cc(F)c1. The summed E-state index contributed by atoms with van der Waals surface area (Å²) in [6, 6.07) is 7.20.